The fourth-order valence-electron chi connectivity index (χ4n) is 1.99. The van der Waals surface area contributed by atoms with Crippen LogP contribution in [0.1, 0.15) is 37.0 Å². The maximum absolute atomic E-state index is 11.8. The zero-order chi connectivity index (χ0) is 14.3. The Hall–Kier alpha value is -1.91. The predicted molar refractivity (Wildman–Crippen MR) is 71.8 cm³/mol. The molecule has 19 heavy (non-hydrogen) atoms. The molecular weight excluding hydrogens is 244 g/mol. The molecule has 1 amide bonds. The van der Waals surface area contributed by atoms with Crippen molar-refractivity contribution < 1.29 is 14.7 Å². The first kappa shape index (κ1) is 15.1. The van der Waals surface area contributed by atoms with E-state index < -0.39 is 5.97 Å². The molecule has 0 saturated carbocycles. The largest absolute Gasteiger partial charge is 0.481 e. The molecule has 0 saturated heterocycles. The third kappa shape index (κ3) is 5.99. The van der Waals surface area contributed by atoms with Crippen LogP contribution in [0.3, 0.4) is 0 Å². The maximum atomic E-state index is 11.8. The van der Waals surface area contributed by atoms with Gasteiger partial charge < -0.3 is 10.4 Å². The van der Waals surface area contributed by atoms with Crippen molar-refractivity contribution in [3.8, 4) is 0 Å². The van der Waals surface area contributed by atoms with Crippen molar-refractivity contribution in [1.82, 2.24) is 10.3 Å². The van der Waals surface area contributed by atoms with Gasteiger partial charge in [0.15, 0.2) is 0 Å². The molecule has 1 aromatic rings. The van der Waals surface area contributed by atoms with Crippen LogP contribution in [-0.4, -0.2) is 28.5 Å². The topological polar surface area (TPSA) is 79.3 Å². The molecule has 0 aliphatic heterocycles. The lowest BCUT2D eigenvalue weighted by Gasteiger charge is -2.17. The number of amides is 1. The van der Waals surface area contributed by atoms with Gasteiger partial charge in [0, 0.05) is 25.4 Å². The molecule has 0 aliphatic rings. The molecule has 1 rings (SSSR count). The van der Waals surface area contributed by atoms with Crippen LogP contribution in [0.4, 0.5) is 0 Å². The van der Waals surface area contributed by atoms with Crippen LogP contribution in [0.2, 0.25) is 0 Å². The van der Waals surface area contributed by atoms with Crippen LogP contribution < -0.4 is 5.32 Å². The van der Waals surface area contributed by atoms with Crippen molar-refractivity contribution in [2.24, 2.45) is 11.8 Å². The molecule has 0 unspecified atom stereocenters. The van der Waals surface area contributed by atoms with E-state index in [0.717, 1.165) is 6.42 Å². The molecule has 0 radical (unpaired) electrons. The van der Waals surface area contributed by atoms with E-state index in [2.05, 4.69) is 10.3 Å². The Morgan fingerprint density at radius 3 is 2.68 bits per heavy atom. The Bertz CT molecular complexity index is 418. The number of carboxylic acids is 1. The van der Waals surface area contributed by atoms with Crippen molar-refractivity contribution >= 4 is 11.9 Å². The lowest BCUT2D eigenvalue weighted by atomic mass is 9.94. The van der Waals surface area contributed by atoms with E-state index in [1.807, 2.05) is 13.8 Å². The number of nitrogens with zero attached hydrogens (tertiary/aromatic N) is 1. The van der Waals surface area contributed by atoms with E-state index in [0.29, 0.717) is 18.0 Å². The molecule has 1 aromatic heterocycles. The fourth-order valence-corrected chi connectivity index (χ4v) is 1.99. The van der Waals surface area contributed by atoms with Crippen LogP contribution >= 0.6 is 0 Å². The predicted octanol–water partition coefficient (Wildman–Crippen LogP) is 1.95. The summed E-state index contributed by atoms with van der Waals surface area (Å²) in [4.78, 5) is 26.5. The van der Waals surface area contributed by atoms with E-state index >= 15 is 0 Å². The average molecular weight is 264 g/mol. The normalized spacial score (nSPS) is 12.2. The number of aliphatic carboxylic acids is 1. The summed E-state index contributed by atoms with van der Waals surface area (Å²) in [5.41, 5.74) is 0.487. The molecule has 104 valence electrons. The summed E-state index contributed by atoms with van der Waals surface area (Å²) in [7, 11) is 0. The summed E-state index contributed by atoms with van der Waals surface area (Å²) in [6.07, 6.45) is 3.94. The Balaban J connectivity index is 2.51. The molecule has 0 fully saturated rings. The van der Waals surface area contributed by atoms with Gasteiger partial charge in [0.2, 0.25) is 0 Å². The van der Waals surface area contributed by atoms with Gasteiger partial charge in [0.1, 0.15) is 0 Å². The van der Waals surface area contributed by atoms with E-state index in [4.69, 9.17) is 5.11 Å². The number of carbonyl (C=O) groups excluding carboxylic acids is 1. The summed E-state index contributed by atoms with van der Waals surface area (Å²) in [5.74, 6) is -0.689. The molecular formula is C14H20N2O3. The maximum Gasteiger partial charge on any atom is 0.303 e. The van der Waals surface area contributed by atoms with Gasteiger partial charge >= 0.3 is 5.97 Å². The number of carboxylic acid groups (broad SMARTS) is 1. The van der Waals surface area contributed by atoms with Gasteiger partial charge in [0.25, 0.3) is 5.91 Å². The highest BCUT2D eigenvalue weighted by molar-refractivity contribution is 5.93. The summed E-state index contributed by atoms with van der Waals surface area (Å²) in [6, 6.07) is 3.37. The van der Waals surface area contributed by atoms with Gasteiger partial charge in [-0.1, -0.05) is 13.8 Å². The summed E-state index contributed by atoms with van der Waals surface area (Å²) < 4.78 is 0. The second-order valence-corrected chi connectivity index (χ2v) is 5.05. The molecule has 5 nitrogen and oxygen atoms in total. The zero-order valence-electron chi connectivity index (χ0n) is 11.3. The minimum Gasteiger partial charge on any atom is -0.481 e. The van der Waals surface area contributed by atoms with Crippen LogP contribution in [0.25, 0.3) is 0 Å². The van der Waals surface area contributed by atoms with Gasteiger partial charge in [-0.2, -0.15) is 0 Å². The number of hydrogen-bond acceptors (Lipinski definition) is 3. The first-order valence-electron chi connectivity index (χ1n) is 6.39. The van der Waals surface area contributed by atoms with E-state index in [1.54, 1.807) is 18.3 Å². The van der Waals surface area contributed by atoms with E-state index in [1.165, 1.54) is 6.20 Å². The molecule has 0 spiro atoms. The van der Waals surface area contributed by atoms with Crippen LogP contribution in [0.5, 0.6) is 0 Å². The highest BCUT2D eigenvalue weighted by atomic mass is 16.4. The summed E-state index contributed by atoms with van der Waals surface area (Å²) >= 11 is 0. The second kappa shape index (κ2) is 7.51. The summed E-state index contributed by atoms with van der Waals surface area (Å²) in [5, 5.41) is 11.6. The first-order valence-corrected chi connectivity index (χ1v) is 6.39. The molecule has 1 atom stereocenters. The second-order valence-electron chi connectivity index (χ2n) is 5.05. The van der Waals surface area contributed by atoms with Crippen LogP contribution in [0.15, 0.2) is 24.5 Å². The Morgan fingerprint density at radius 1 is 1.42 bits per heavy atom. The highest BCUT2D eigenvalue weighted by Gasteiger charge is 2.16. The number of hydrogen-bond donors (Lipinski definition) is 2. The highest BCUT2D eigenvalue weighted by Crippen LogP contribution is 2.14. The number of aromatic nitrogens is 1. The SMILES string of the molecule is CC(C)C[C@H](CNC(=O)c1cccnc1)CC(=O)O. The van der Waals surface area contributed by atoms with Crippen molar-refractivity contribution in [2.45, 2.75) is 26.7 Å². The van der Waals surface area contributed by atoms with Gasteiger partial charge in [-0.3, -0.25) is 14.6 Å². The number of carbonyl (C=O) groups is 2. The first-order chi connectivity index (χ1) is 8.99. The Kier molecular flexibility index (Phi) is 5.99. The average Bonchev–Trinajstić information content (AvgIpc) is 2.35. The lowest BCUT2D eigenvalue weighted by Crippen LogP contribution is -2.31. The third-order valence-electron chi connectivity index (χ3n) is 2.74. The van der Waals surface area contributed by atoms with Crippen LogP contribution in [-0.2, 0) is 4.79 Å². The van der Waals surface area contributed by atoms with Crippen molar-refractivity contribution in [3.05, 3.63) is 30.1 Å². The smallest absolute Gasteiger partial charge is 0.303 e. The molecule has 0 bridgehead atoms. The summed E-state index contributed by atoms with van der Waals surface area (Å²) in [6.45, 7) is 4.45. The monoisotopic (exact) mass is 264 g/mol. The molecule has 0 aromatic carbocycles. The van der Waals surface area contributed by atoms with Crippen molar-refractivity contribution in [2.75, 3.05) is 6.54 Å². The number of rotatable bonds is 7. The van der Waals surface area contributed by atoms with Crippen LogP contribution in [0, 0.1) is 11.8 Å². The Labute approximate surface area is 113 Å². The van der Waals surface area contributed by atoms with E-state index in [9.17, 15) is 9.59 Å². The third-order valence-corrected chi connectivity index (χ3v) is 2.74. The molecule has 5 heteroatoms. The van der Waals surface area contributed by atoms with Gasteiger partial charge in [0.05, 0.1) is 5.56 Å². The van der Waals surface area contributed by atoms with Gasteiger partial charge in [-0.05, 0) is 30.4 Å². The quantitative estimate of drug-likeness (QED) is 0.789. The van der Waals surface area contributed by atoms with Crippen molar-refractivity contribution in [3.63, 3.8) is 0 Å². The molecule has 2 N–H and O–H groups in total. The fraction of sp³-hybridized carbons (Fsp3) is 0.500. The van der Waals surface area contributed by atoms with Gasteiger partial charge in [-0.15, -0.1) is 0 Å². The van der Waals surface area contributed by atoms with E-state index in [-0.39, 0.29) is 18.2 Å². The number of nitrogens with one attached hydrogen (secondary N) is 1. The lowest BCUT2D eigenvalue weighted by molar-refractivity contribution is -0.138. The minimum atomic E-state index is -0.832. The van der Waals surface area contributed by atoms with Gasteiger partial charge in [-0.25, -0.2) is 0 Å². The molecule has 0 aliphatic carbocycles. The molecule has 1 heterocycles. The minimum absolute atomic E-state index is 0.0434. The Morgan fingerprint density at radius 2 is 2.16 bits per heavy atom. The standard InChI is InChI=1S/C14H20N2O3/c1-10(2)6-11(7-13(17)18)8-16-14(19)12-4-3-5-15-9-12/h3-5,9-11H,6-8H2,1-2H3,(H,16,19)(H,17,18)/t11-/m0/s1. The zero-order valence-corrected chi connectivity index (χ0v) is 11.3. The van der Waals surface area contributed by atoms with Crippen molar-refractivity contribution in [1.29, 1.82) is 0 Å². The number of pyridine rings is 1.